The fourth-order valence-electron chi connectivity index (χ4n) is 2.84. The Hall–Kier alpha value is -1.62. The third-order valence-electron chi connectivity index (χ3n) is 3.91. The van der Waals surface area contributed by atoms with E-state index < -0.39 is 0 Å². The topological polar surface area (TPSA) is 72.5 Å². The quantitative estimate of drug-likeness (QED) is 0.885. The second-order valence-corrected chi connectivity index (χ2v) is 5.36. The average molecular weight is 259 g/mol. The van der Waals surface area contributed by atoms with Crippen molar-refractivity contribution in [1.82, 2.24) is 19.7 Å². The van der Waals surface area contributed by atoms with E-state index in [1.807, 2.05) is 0 Å². The average Bonchev–Trinajstić information content (AvgIpc) is 3.11. The van der Waals surface area contributed by atoms with Gasteiger partial charge >= 0.3 is 0 Å². The molecule has 1 atom stereocenters. The van der Waals surface area contributed by atoms with E-state index in [-0.39, 0.29) is 6.04 Å². The fourth-order valence-corrected chi connectivity index (χ4v) is 2.84. The number of aromatic amines is 1. The van der Waals surface area contributed by atoms with Crippen molar-refractivity contribution in [2.45, 2.75) is 50.6 Å². The molecular formula is C14H21N5. The van der Waals surface area contributed by atoms with Crippen molar-refractivity contribution in [1.29, 1.82) is 0 Å². The molecule has 0 saturated heterocycles. The second kappa shape index (κ2) is 5.57. The number of aromatic nitrogens is 4. The van der Waals surface area contributed by atoms with Crippen LogP contribution in [0.25, 0.3) is 0 Å². The minimum atomic E-state index is -0.107. The summed E-state index contributed by atoms with van der Waals surface area (Å²) in [5.41, 5.74) is 7.17. The molecule has 2 heterocycles. The number of nitrogens with two attached hydrogens (primary N) is 1. The van der Waals surface area contributed by atoms with Crippen molar-refractivity contribution in [3.63, 3.8) is 0 Å². The van der Waals surface area contributed by atoms with E-state index in [9.17, 15) is 0 Å². The Labute approximate surface area is 113 Å². The molecule has 102 valence electrons. The van der Waals surface area contributed by atoms with E-state index in [4.69, 9.17) is 5.73 Å². The van der Waals surface area contributed by atoms with Gasteiger partial charge in [0.2, 0.25) is 0 Å². The summed E-state index contributed by atoms with van der Waals surface area (Å²) in [6, 6.07) is 2.56. The van der Waals surface area contributed by atoms with Crippen LogP contribution in [-0.4, -0.2) is 19.7 Å². The van der Waals surface area contributed by atoms with Crippen LogP contribution in [0, 0.1) is 0 Å². The van der Waals surface area contributed by atoms with Gasteiger partial charge in [0.25, 0.3) is 0 Å². The lowest BCUT2D eigenvalue weighted by Crippen LogP contribution is -2.17. The fraction of sp³-hybridized carbons (Fsp3) is 0.571. The normalized spacial score (nSPS) is 18.6. The molecular weight excluding hydrogens is 238 g/mol. The standard InChI is InChI=1S/C14H21N5/c15-13(14-16-7-8-17-14)10-11-6-9-19(18-11)12-4-2-1-3-5-12/h6-9,12-13H,1-5,10,15H2,(H,16,17). The number of hydrogen-bond donors (Lipinski definition) is 2. The highest BCUT2D eigenvalue weighted by Gasteiger charge is 2.17. The summed E-state index contributed by atoms with van der Waals surface area (Å²) in [6.07, 6.45) is 12.9. The zero-order valence-corrected chi connectivity index (χ0v) is 11.1. The summed E-state index contributed by atoms with van der Waals surface area (Å²) in [4.78, 5) is 7.25. The molecule has 0 aromatic carbocycles. The summed E-state index contributed by atoms with van der Waals surface area (Å²) in [5, 5.41) is 4.68. The summed E-state index contributed by atoms with van der Waals surface area (Å²) in [6.45, 7) is 0. The Balaban J connectivity index is 1.64. The maximum absolute atomic E-state index is 6.12. The van der Waals surface area contributed by atoms with Crippen LogP contribution in [0.15, 0.2) is 24.7 Å². The molecule has 1 fully saturated rings. The van der Waals surface area contributed by atoms with Gasteiger partial charge in [0.05, 0.1) is 17.8 Å². The molecule has 0 amide bonds. The lowest BCUT2D eigenvalue weighted by molar-refractivity contribution is 0.328. The molecule has 2 aromatic rings. The van der Waals surface area contributed by atoms with Gasteiger partial charge in [-0.15, -0.1) is 0 Å². The predicted octanol–water partition coefficient (Wildman–Crippen LogP) is 2.35. The molecule has 3 rings (SSSR count). The lowest BCUT2D eigenvalue weighted by Gasteiger charge is -2.21. The van der Waals surface area contributed by atoms with Crippen molar-refractivity contribution in [3.8, 4) is 0 Å². The molecule has 0 aliphatic heterocycles. The number of nitrogens with one attached hydrogen (secondary N) is 1. The number of H-pyrrole nitrogens is 1. The molecule has 1 aliphatic carbocycles. The summed E-state index contributed by atoms with van der Waals surface area (Å²) in [7, 11) is 0. The van der Waals surface area contributed by atoms with E-state index in [2.05, 4.69) is 32.0 Å². The first-order chi connectivity index (χ1) is 9.33. The first-order valence-corrected chi connectivity index (χ1v) is 7.12. The lowest BCUT2D eigenvalue weighted by atomic mass is 9.96. The van der Waals surface area contributed by atoms with Crippen LogP contribution in [0.1, 0.15) is 55.7 Å². The predicted molar refractivity (Wildman–Crippen MR) is 73.6 cm³/mol. The number of hydrogen-bond acceptors (Lipinski definition) is 3. The van der Waals surface area contributed by atoms with Crippen LogP contribution in [-0.2, 0) is 6.42 Å². The van der Waals surface area contributed by atoms with Crippen LogP contribution in [0.3, 0.4) is 0 Å². The number of nitrogens with zero attached hydrogens (tertiary/aromatic N) is 3. The summed E-state index contributed by atoms with van der Waals surface area (Å²) < 4.78 is 2.13. The van der Waals surface area contributed by atoms with E-state index in [0.29, 0.717) is 6.04 Å². The summed E-state index contributed by atoms with van der Waals surface area (Å²) >= 11 is 0. The molecule has 19 heavy (non-hydrogen) atoms. The van der Waals surface area contributed by atoms with Gasteiger partial charge < -0.3 is 10.7 Å². The van der Waals surface area contributed by atoms with Gasteiger partial charge in [-0.25, -0.2) is 4.98 Å². The van der Waals surface area contributed by atoms with Gasteiger partial charge in [0.15, 0.2) is 0 Å². The first kappa shape index (κ1) is 12.4. The Bertz CT molecular complexity index is 496. The molecule has 1 unspecified atom stereocenters. The van der Waals surface area contributed by atoms with Crippen molar-refractivity contribution in [2.75, 3.05) is 0 Å². The van der Waals surface area contributed by atoms with Crippen LogP contribution < -0.4 is 5.73 Å². The van der Waals surface area contributed by atoms with Crippen molar-refractivity contribution >= 4 is 0 Å². The zero-order valence-electron chi connectivity index (χ0n) is 11.1. The Morgan fingerprint density at radius 2 is 2.21 bits per heavy atom. The number of imidazole rings is 1. The molecule has 5 nitrogen and oxygen atoms in total. The highest BCUT2D eigenvalue weighted by Crippen LogP contribution is 2.27. The Kier molecular flexibility index (Phi) is 3.64. The minimum Gasteiger partial charge on any atom is -0.347 e. The highest BCUT2D eigenvalue weighted by atomic mass is 15.3. The van der Waals surface area contributed by atoms with Gasteiger partial charge in [0, 0.05) is 25.0 Å². The van der Waals surface area contributed by atoms with E-state index >= 15 is 0 Å². The van der Waals surface area contributed by atoms with Crippen molar-refractivity contribution in [3.05, 3.63) is 36.2 Å². The SMILES string of the molecule is NC(Cc1ccn(C2CCCCC2)n1)c1ncc[nH]1. The van der Waals surface area contributed by atoms with Crippen LogP contribution >= 0.6 is 0 Å². The smallest absolute Gasteiger partial charge is 0.123 e. The van der Waals surface area contributed by atoms with Gasteiger partial charge in [0.1, 0.15) is 5.82 Å². The van der Waals surface area contributed by atoms with Crippen LogP contribution in [0.5, 0.6) is 0 Å². The van der Waals surface area contributed by atoms with E-state index in [1.165, 1.54) is 32.1 Å². The molecule has 1 saturated carbocycles. The van der Waals surface area contributed by atoms with E-state index in [0.717, 1.165) is 17.9 Å². The van der Waals surface area contributed by atoms with Gasteiger partial charge in [-0.2, -0.15) is 5.10 Å². The maximum atomic E-state index is 6.12. The van der Waals surface area contributed by atoms with Gasteiger partial charge in [-0.05, 0) is 18.9 Å². The van der Waals surface area contributed by atoms with E-state index in [1.54, 1.807) is 12.4 Å². The molecule has 5 heteroatoms. The third kappa shape index (κ3) is 2.87. The van der Waals surface area contributed by atoms with Crippen LogP contribution in [0.2, 0.25) is 0 Å². The van der Waals surface area contributed by atoms with Gasteiger partial charge in [-0.1, -0.05) is 19.3 Å². The molecule has 0 bridgehead atoms. The largest absolute Gasteiger partial charge is 0.347 e. The molecule has 2 aromatic heterocycles. The Morgan fingerprint density at radius 1 is 1.37 bits per heavy atom. The third-order valence-corrected chi connectivity index (χ3v) is 3.91. The zero-order chi connectivity index (χ0) is 13.1. The first-order valence-electron chi connectivity index (χ1n) is 7.12. The minimum absolute atomic E-state index is 0.107. The molecule has 1 aliphatic rings. The Morgan fingerprint density at radius 3 is 2.95 bits per heavy atom. The van der Waals surface area contributed by atoms with Crippen molar-refractivity contribution in [2.24, 2.45) is 5.73 Å². The molecule has 3 N–H and O–H groups in total. The van der Waals surface area contributed by atoms with Gasteiger partial charge in [-0.3, -0.25) is 4.68 Å². The highest BCUT2D eigenvalue weighted by molar-refractivity contribution is 5.06. The van der Waals surface area contributed by atoms with Crippen molar-refractivity contribution < 1.29 is 0 Å². The summed E-state index contributed by atoms with van der Waals surface area (Å²) in [5.74, 6) is 0.826. The molecule has 0 radical (unpaired) electrons. The second-order valence-electron chi connectivity index (χ2n) is 5.36. The van der Waals surface area contributed by atoms with Crippen LogP contribution in [0.4, 0.5) is 0 Å². The molecule has 0 spiro atoms. The monoisotopic (exact) mass is 259 g/mol. The maximum Gasteiger partial charge on any atom is 0.123 e. The number of rotatable bonds is 4.